The standard InChI is InChI=1S/C11H21FN2/c1-11(2,3)14-5-4-10(8-14)13-6-9(12)7-13/h9-10H,4-8H2,1-3H3/t10-/m1/s1. The second-order valence-electron chi connectivity index (χ2n) is 5.61. The molecule has 2 nitrogen and oxygen atoms in total. The Hall–Kier alpha value is -0.150. The normalized spacial score (nSPS) is 32.1. The number of likely N-dealkylation sites (tertiary alicyclic amines) is 2. The topological polar surface area (TPSA) is 6.48 Å². The summed E-state index contributed by atoms with van der Waals surface area (Å²) in [6.07, 6.45) is 0.656. The minimum Gasteiger partial charge on any atom is -0.297 e. The fraction of sp³-hybridized carbons (Fsp3) is 1.00. The highest BCUT2D eigenvalue weighted by Gasteiger charge is 2.38. The summed E-state index contributed by atoms with van der Waals surface area (Å²) in [5, 5.41) is 0. The van der Waals surface area contributed by atoms with Crippen LogP contribution < -0.4 is 0 Å². The highest BCUT2D eigenvalue weighted by atomic mass is 19.1. The van der Waals surface area contributed by atoms with Gasteiger partial charge in [0.15, 0.2) is 0 Å². The number of hydrogen-bond donors (Lipinski definition) is 0. The Morgan fingerprint density at radius 2 is 1.79 bits per heavy atom. The summed E-state index contributed by atoms with van der Waals surface area (Å²) in [5.41, 5.74) is 0.273. The number of rotatable bonds is 1. The van der Waals surface area contributed by atoms with Crippen LogP contribution in [-0.4, -0.2) is 53.7 Å². The summed E-state index contributed by atoms with van der Waals surface area (Å²) < 4.78 is 12.7. The number of hydrogen-bond acceptors (Lipinski definition) is 2. The van der Waals surface area contributed by atoms with E-state index in [-0.39, 0.29) is 5.54 Å². The van der Waals surface area contributed by atoms with Gasteiger partial charge in [0.05, 0.1) is 0 Å². The molecule has 0 spiro atoms. The van der Waals surface area contributed by atoms with Gasteiger partial charge in [0.1, 0.15) is 6.17 Å². The molecule has 2 saturated heterocycles. The molecule has 0 saturated carbocycles. The molecule has 82 valence electrons. The van der Waals surface area contributed by atoms with Gasteiger partial charge < -0.3 is 0 Å². The molecule has 2 aliphatic rings. The molecule has 3 heteroatoms. The van der Waals surface area contributed by atoms with E-state index in [1.165, 1.54) is 13.0 Å². The van der Waals surface area contributed by atoms with Crippen molar-refractivity contribution < 1.29 is 4.39 Å². The van der Waals surface area contributed by atoms with Crippen LogP contribution in [0.5, 0.6) is 0 Å². The Bertz CT molecular complexity index is 206. The van der Waals surface area contributed by atoms with Crippen molar-refractivity contribution in [1.82, 2.24) is 9.80 Å². The highest BCUT2D eigenvalue weighted by molar-refractivity contribution is 4.94. The van der Waals surface area contributed by atoms with Crippen LogP contribution >= 0.6 is 0 Å². The smallest absolute Gasteiger partial charge is 0.125 e. The van der Waals surface area contributed by atoms with Crippen molar-refractivity contribution in [1.29, 1.82) is 0 Å². The molecule has 0 aromatic heterocycles. The fourth-order valence-electron chi connectivity index (χ4n) is 2.40. The third-order valence-electron chi connectivity index (χ3n) is 3.49. The third-order valence-corrected chi connectivity index (χ3v) is 3.49. The van der Waals surface area contributed by atoms with Crippen LogP contribution in [-0.2, 0) is 0 Å². The molecular weight excluding hydrogens is 179 g/mol. The summed E-state index contributed by atoms with van der Waals surface area (Å²) in [6, 6.07) is 0.612. The molecule has 14 heavy (non-hydrogen) atoms. The van der Waals surface area contributed by atoms with Crippen molar-refractivity contribution in [2.24, 2.45) is 0 Å². The average molecular weight is 200 g/mol. The Balaban J connectivity index is 1.83. The van der Waals surface area contributed by atoms with Gasteiger partial charge >= 0.3 is 0 Å². The molecule has 0 aliphatic carbocycles. The van der Waals surface area contributed by atoms with Crippen molar-refractivity contribution in [3.05, 3.63) is 0 Å². The number of nitrogens with zero attached hydrogens (tertiary/aromatic N) is 2. The minimum absolute atomic E-state index is 0.273. The molecule has 0 amide bonds. The van der Waals surface area contributed by atoms with Gasteiger partial charge in [-0.15, -0.1) is 0 Å². The molecule has 0 unspecified atom stereocenters. The molecule has 1 atom stereocenters. The van der Waals surface area contributed by atoms with Crippen LogP contribution in [0.4, 0.5) is 4.39 Å². The SMILES string of the molecule is CC(C)(C)N1CC[C@@H](N2CC(F)C2)C1. The molecule has 2 fully saturated rings. The Kier molecular flexibility index (Phi) is 2.56. The van der Waals surface area contributed by atoms with Crippen LogP contribution in [0.15, 0.2) is 0 Å². The van der Waals surface area contributed by atoms with Crippen molar-refractivity contribution in [2.45, 2.75) is 44.9 Å². The quantitative estimate of drug-likeness (QED) is 0.633. The van der Waals surface area contributed by atoms with E-state index in [1.807, 2.05) is 0 Å². The monoisotopic (exact) mass is 200 g/mol. The van der Waals surface area contributed by atoms with Gasteiger partial charge in [-0.25, -0.2) is 4.39 Å². The van der Waals surface area contributed by atoms with Gasteiger partial charge in [-0.2, -0.15) is 0 Å². The predicted octanol–water partition coefficient (Wildman–Crippen LogP) is 1.51. The second kappa shape index (κ2) is 3.46. The van der Waals surface area contributed by atoms with Gasteiger partial charge in [-0.1, -0.05) is 0 Å². The van der Waals surface area contributed by atoms with Crippen molar-refractivity contribution in [3.63, 3.8) is 0 Å². The summed E-state index contributed by atoms with van der Waals surface area (Å²) in [7, 11) is 0. The maximum Gasteiger partial charge on any atom is 0.125 e. The Morgan fingerprint density at radius 1 is 1.14 bits per heavy atom. The maximum atomic E-state index is 12.7. The highest BCUT2D eigenvalue weighted by Crippen LogP contribution is 2.26. The van der Waals surface area contributed by atoms with Gasteiger partial charge in [-0.3, -0.25) is 9.80 Å². The van der Waals surface area contributed by atoms with E-state index in [0.29, 0.717) is 19.1 Å². The largest absolute Gasteiger partial charge is 0.297 e. The molecule has 2 heterocycles. The summed E-state index contributed by atoms with van der Waals surface area (Å²) in [5.74, 6) is 0. The van der Waals surface area contributed by atoms with Crippen molar-refractivity contribution in [2.75, 3.05) is 26.2 Å². The predicted molar refractivity (Wildman–Crippen MR) is 56.2 cm³/mol. The first-order chi connectivity index (χ1) is 6.47. The van der Waals surface area contributed by atoms with Crippen LogP contribution in [0.1, 0.15) is 27.2 Å². The zero-order valence-corrected chi connectivity index (χ0v) is 9.46. The van der Waals surface area contributed by atoms with Crippen LogP contribution in [0.25, 0.3) is 0 Å². The lowest BCUT2D eigenvalue weighted by Gasteiger charge is -2.40. The van der Waals surface area contributed by atoms with Crippen LogP contribution in [0.2, 0.25) is 0 Å². The van der Waals surface area contributed by atoms with E-state index < -0.39 is 6.17 Å². The summed E-state index contributed by atoms with van der Waals surface area (Å²) >= 11 is 0. The number of alkyl halides is 1. The van der Waals surface area contributed by atoms with Crippen molar-refractivity contribution >= 4 is 0 Å². The Morgan fingerprint density at radius 3 is 2.21 bits per heavy atom. The van der Waals surface area contributed by atoms with E-state index >= 15 is 0 Å². The molecule has 0 aromatic carbocycles. The molecule has 0 bridgehead atoms. The lowest BCUT2D eigenvalue weighted by molar-refractivity contribution is 0.0264. The third kappa shape index (κ3) is 1.94. The van der Waals surface area contributed by atoms with E-state index in [1.54, 1.807) is 0 Å². The van der Waals surface area contributed by atoms with Gasteiger partial charge in [0, 0.05) is 37.8 Å². The first-order valence-corrected chi connectivity index (χ1v) is 5.60. The summed E-state index contributed by atoms with van der Waals surface area (Å²) in [6.45, 7) is 10.4. The van der Waals surface area contributed by atoms with E-state index in [4.69, 9.17) is 0 Å². The van der Waals surface area contributed by atoms with Gasteiger partial charge in [0.25, 0.3) is 0 Å². The molecule has 2 aliphatic heterocycles. The van der Waals surface area contributed by atoms with Gasteiger partial charge in [0.2, 0.25) is 0 Å². The first-order valence-electron chi connectivity index (χ1n) is 5.60. The summed E-state index contributed by atoms with van der Waals surface area (Å²) in [4.78, 5) is 4.79. The zero-order valence-electron chi connectivity index (χ0n) is 9.46. The lowest BCUT2D eigenvalue weighted by Crippen LogP contribution is -2.54. The lowest BCUT2D eigenvalue weighted by atomic mass is 10.1. The van der Waals surface area contributed by atoms with E-state index in [0.717, 1.165) is 6.54 Å². The first kappa shape index (κ1) is 10.4. The minimum atomic E-state index is -0.557. The molecule has 2 rings (SSSR count). The molecular formula is C11H21FN2. The van der Waals surface area contributed by atoms with Crippen LogP contribution in [0, 0.1) is 0 Å². The van der Waals surface area contributed by atoms with Gasteiger partial charge in [-0.05, 0) is 27.2 Å². The van der Waals surface area contributed by atoms with E-state index in [9.17, 15) is 4.39 Å². The number of halogens is 1. The molecule has 0 aromatic rings. The molecule has 0 radical (unpaired) electrons. The second-order valence-corrected chi connectivity index (χ2v) is 5.61. The maximum absolute atomic E-state index is 12.7. The van der Waals surface area contributed by atoms with Crippen LogP contribution in [0.3, 0.4) is 0 Å². The Labute approximate surface area is 86.1 Å². The molecule has 0 N–H and O–H groups in total. The average Bonchev–Trinajstić information content (AvgIpc) is 2.45. The van der Waals surface area contributed by atoms with E-state index in [2.05, 4.69) is 30.6 Å². The van der Waals surface area contributed by atoms with Crippen molar-refractivity contribution in [3.8, 4) is 0 Å². The fourth-order valence-corrected chi connectivity index (χ4v) is 2.40. The zero-order chi connectivity index (χ0) is 10.3.